The van der Waals surface area contributed by atoms with E-state index in [1.807, 2.05) is 24.3 Å². The van der Waals surface area contributed by atoms with Crippen molar-refractivity contribution in [3.63, 3.8) is 0 Å². The lowest BCUT2D eigenvalue weighted by Gasteiger charge is -2.10. The molecule has 0 unspecified atom stereocenters. The molecule has 1 nitrogen and oxygen atoms in total. The molecule has 36 heavy (non-hydrogen) atoms. The fourth-order valence-electron chi connectivity index (χ4n) is 3.78. The Morgan fingerprint density at radius 2 is 1.44 bits per heavy atom. The highest BCUT2D eigenvalue weighted by Gasteiger charge is 2.29. The van der Waals surface area contributed by atoms with Crippen LogP contribution in [-0.2, 0) is 6.42 Å². The summed E-state index contributed by atoms with van der Waals surface area (Å²) in [7, 11) is 0. The number of benzene rings is 4. The molecule has 0 aromatic heterocycles. The summed E-state index contributed by atoms with van der Waals surface area (Å²) in [4.78, 5) is 0. The molecule has 0 bridgehead atoms. The third kappa shape index (κ3) is 5.83. The van der Waals surface area contributed by atoms with Crippen molar-refractivity contribution in [3.8, 4) is 28.7 Å². The molecule has 0 amide bonds. The van der Waals surface area contributed by atoms with E-state index in [1.54, 1.807) is 12.1 Å². The van der Waals surface area contributed by atoms with Crippen molar-refractivity contribution in [2.24, 2.45) is 0 Å². The largest absolute Gasteiger partial charge is 0.478 e. The smallest absolute Gasteiger partial charge is 0.422 e. The van der Waals surface area contributed by atoms with Crippen molar-refractivity contribution < 1.29 is 31.1 Å². The predicted molar refractivity (Wildman–Crippen MR) is 127 cm³/mol. The molecule has 184 valence electrons. The lowest BCUT2D eigenvalue weighted by Crippen LogP contribution is -2.20. The summed E-state index contributed by atoms with van der Waals surface area (Å²) in [5, 5.41) is 0.998. The van der Waals surface area contributed by atoms with Gasteiger partial charge in [-0.2, -0.15) is 13.2 Å². The van der Waals surface area contributed by atoms with E-state index in [4.69, 9.17) is 0 Å². The molecule has 4 aromatic rings. The molecule has 0 aliphatic carbocycles. The zero-order valence-electron chi connectivity index (χ0n) is 19.1. The van der Waals surface area contributed by atoms with Crippen LogP contribution in [0.3, 0.4) is 0 Å². The number of aryl methyl sites for hydroxylation is 1. The van der Waals surface area contributed by atoms with Crippen molar-refractivity contribution >= 4 is 10.8 Å². The van der Waals surface area contributed by atoms with Crippen molar-refractivity contribution in [3.05, 3.63) is 101 Å². The predicted octanol–water partition coefficient (Wildman–Crippen LogP) is 8.22. The van der Waals surface area contributed by atoms with E-state index in [9.17, 15) is 22.0 Å². The molecule has 7 heteroatoms. The van der Waals surface area contributed by atoms with Crippen LogP contribution in [0.2, 0.25) is 0 Å². The van der Waals surface area contributed by atoms with Gasteiger partial charge < -0.3 is 4.74 Å². The Bertz CT molecular complexity index is 1440. The van der Waals surface area contributed by atoms with Crippen molar-refractivity contribution in [2.45, 2.75) is 25.9 Å². The lowest BCUT2D eigenvalue weighted by atomic mass is 9.98. The molecule has 0 saturated heterocycles. The van der Waals surface area contributed by atoms with Gasteiger partial charge in [0.05, 0.1) is 5.56 Å². The second-order valence-corrected chi connectivity index (χ2v) is 8.23. The molecule has 0 aliphatic heterocycles. The first-order valence-corrected chi connectivity index (χ1v) is 11.2. The Hall–Kier alpha value is -3.92. The molecule has 0 N–H and O–H groups in total. The van der Waals surface area contributed by atoms with Crippen LogP contribution in [0.15, 0.2) is 66.7 Å². The Morgan fingerprint density at radius 1 is 0.778 bits per heavy atom. The normalized spacial score (nSPS) is 11.3. The van der Waals surface area contributed by atoms with Crippen LogP contribution in [0.1, 0.15) is 30.0 Å². The summed E-state index contributed by atoms with van der Waals surface area (Å²) in [5.41, 5.74) is 3.03. The molecule has 0 fully saturated rings. The Morgan fingerprint density at radius 3 is 2.08 bits per heavy atom. The van der Waals surface area contributed by atoms with Crippen LogP contribution < -0.4 is 4.74 Å². The summed E-state index contributed by atoms with van der Waals surface area (Å²) in [6.45, 7) is 0.286. The topological polar surface area (TPSA) is 9.23 Å². The zero-order valence-corrected chi connectivity index (χ0v) is 19.1. The highest BCUT2D eigenvalue weighted by atomic mass is 19.4. The van der Waals surface area contributed by atoms with Gasteiger partial charge in [-0.3, -0.25) is 0 Å². The highest BCUT2D eigenvalue weighted by molar-refractivity contribution is 5.89. The van der Waals surface area contributed by atoms with Gasteiger partial charge in [-0.05, 0) is 52.8 Å². The van der Waals surface area contributed by atoms with Crippen molar-refractivity contribution in [1.29, 1.82) is 0 Å². The first-order valence-electron chi connectivity index (χ1n) is 11.2. The van der Waals surface area contributed by atoms with Gasteiger partial charge >= 0.3 is 6.18 Å². The molecule has 0 radical (unpaired) electrons. The number of rotatable bonds is 5. The molecular formula is C29H20F6O. The van der Waals surface area contributed by atoms with E-state index >= 15 is 4.39 Å². The van der Waals surface area contributed by atoms with Crippen LogP contribution in [0.4, 0.5) is 26.3 Å². The molecule has 4 rings (SSSR count). The van der Waals surface area contributed by atoms with E-state index in [0.29, 0.717) is 10.8 Å². The van der Waals surface area contributed by atoms with E-state index in [1.165, 1.54) is 11.6 Å². The van der Waals surface area contributed by atoms with E-state index in [0.717, 1.165) is 36.1 Å². The molecule has 4 aromatic carbocycles. The minimum absolute atomic E-state index is 0.0115. The van der Waals surface area contributed by atoms with Crippen molar-refractivity contribution in [2.75, 3.05) is 6.61 Å². The van der Waals surface area contributed by atoms with Gasteiger partial charge in [0.2, 0.25) is 0 Å². The average Bonchev–Trinajstić information content (AvgIpc) is 2.83. The monoisotopic (exact) mass is 498 g/mol. The van der Waals surface area contributed by atoms with Crippen LogP contribution in [0.25, 0.3) is 21.9 Å². The van der Waals surface area contributed by atoms with Gasteiger partial charge in [-0.25, -0.2) is 13.2 Å². The van der Waals surface area contributed by atoms with Gasteiger partial charge in [-0.1, -0.05) is 67.6 Å². The van der Waals surface area contributed by atoms with Crippen LogP contribution in [0.5, 0.6) is 5.75 Å². The number of fused-ring (bicyclic) bond motifs is 1. The number of alkyl halides is 3. The number of hydrogen-bond donors (Lipinski definition) is 0. The van der Waals surface area contributed by atoms with Gasteiger partial charge in [0, 0.05) is 10.9 Å². The summed E-state index contributed by atoms with van der Waals surface area (Å²) in [6.07, 6.45) is -2.68. The molecule has 0 heterocycles. The molecular weight excluding hydrogens is 478 g/mol. The van der Waals surface area contributed by atoms with Gasteiger partial charge in [0.1, 0.15) is 5.82 Å². The lowest BCUT2D eigenvalue weighted by molar-refractivity contribution is -0.154. The third-order valence-electron chi connectivity index (χ3n) is 5.50. The summed E-state index contributed by atoms with van der Waals surface area (Å²) in [6, 6.07) is 18.2. The van der Waals surface area contributed by atoms with E-state index < -0.39 is 36.0 Å². The molecule has 0 aliphatic rings. The highest BCUT2D eigenvalue weighted by Crippen LogP contribution is 2.29. The maximum atomic E-state index is 15.1. The molecule has 0 saturated carbocycles. The summed E-state index contributed by atoms with van der Waals surface area (Å²) in [5.74, 6) is 0.584. The zero-order chi connectivity index (χ0) is 25.9. The van der Waals surface area contributed by atoms with Crippen molar-refractivity contribution in [1.82, 2.24) is 0 Å². The number of halogens is 6. The SMILES string of the molecule is CCCc1ccc(-c2ccc3c(F)c(C#Cc4cc(F)c(OCC(F)(F)F)c(F)c4)ccc3c2)cc1. The summed E-state index contributed by atoms with van der Waals surface area (Å²) >= 11 is 0. The van der Waals surface area contributed by atoms with Crippen LogP contribution >= 0.6 is 0 Å². The van der Waals surface area contributed by atoms with Gasteiger partial charge in [0.25, 0.3) is 0 Å². The standard InChI is InChI=1S/C29H20F6O/c1-2-3-18-4-7-20(8-5-18)22-12-13-24-23(16-22)11-10-21(27(24)32)9-6-19-14-25(30)28(26(31)15-19)36-17-29(33,34)35/h4-5,7-8,10-16H,2-3,17H2,1H3. The average molecular weight is 498 g/mol. The molecule has 0 atom stereocenters. The van der Waals surface area contributed by atoms with Gasteiger partial charge in [0.15, 0.2) is 24.0 Å². The maximum Gasteiger partial charge on any atom is 0.422 e. The number of hydrogen-bond acceptors (Lipinski definition) is 1. The third-order valence-corrected chi connectivity index (χ3v) is 5.50. The van der Waals surface area contributed by atoms with Crippen LogP contribution in [0, 0.1) is 29.3 Å². The minimum Gasteiger partial charge on any atom is -0.478 e. The Kier molecular flexibility index (Phi) is 7.25. The second kappa shape index (κ2) is 10.4. The second-order valence-electron chi connectivity index (χ2n) is 8.23. The Labute approximate surface area is 204 Å². The van der Waals surface area contributed by atoms with Crippen LogP contribution in [-0.4, -0.2) is 12.8 Å². The maximum absolute atomic E-state index is 15.1. The first-order chi connectivity index (χ1) is 17.1. The quantitative estimate of drug-likeness (QED) is 0.199. The molecule has 0 spiro atoms. The van der Waals surface area contributed by atoms with Gasteiger partial charge in [-0.15, -0.1) is 0 Å². The number of ether oxygens (including phenoxy) is 1. The Balaban J connectivity index is 1.59. The van der Waals surface area contributed by atoms with E-state index in [-0.39, 0.29) is 11.1 Å². The summed E-state index contributed by atoms with van der Waals surface area (Å²) < 4.78 is 84.2. The first kappa shape index (κ1) is 25.2. The fraction of sp³-hybridized carbons (Fsp3) is 0.172. The minimum atomic E-state index is -4.75. The van der Waals surface area contributed by atoms with E-state index in [2.05, 4.69) is 35.6 Å². The fourth-order valence-corrected chi connectivity index (χ4v) is 3.78.